The third-order valence-corrected chi connectivity index (χ3v) is 5.23. The van der Waals surface area contributed by atoms with Crippen LogP contribution < -0.4 is 10.6 Å². The van der Waals surface area contributed by atoms with Gasteiger partial charge in [-0.2, -0.15) is 15.1 Å². The molecule has 2 N–H and O–H groups in total. The fraction of sp³-hybridized carbons (Fsp3) is 0.500. The molecule has 0 unspecified atom stereocenters. The standard InChI is InChI=1S/C18H23N9O/c1-25-13(6-7-20-25)22-18-23-16(21-12-4-5-12)15-17(24-18)27(11-19-15)10-9-26-8-2-3-14(26)28/h6-7,11-12H,2-5,8-10H2,1H3,(H2,21,22,23,24). The molecule has 1 aliphatic carbocycles. The lowest BCUT2D eigenvalue weighted by Gasteiger charge is -2.16. The summed E-state index contributed by atoms with van der Waals surface area (Å²) in [4.78, 5) is 27.7. The molecule has 0 radical (unpaired) electrons. The highest BCUT2D eigenvalue weighted by atomic mass is 16.2. The molecule has 1 aliphatic heterocycles. The number of rotatable bonds is 7. The molecule has 3 aromatic heterocycles. The van der Waals surface area contributed by atoms with E-state index in [0.717, 1.165) is 48.6 Å². The van der Waals surface area contributed by atoms with Crippen molar-refractivity contribution in [3.63, 3.8) is 0 Å². The molecular formula is C18H23N9O. The number of carbonyl (C=O) groups is 1. The van der Waals surface area contributed by atoms with Crippen molar-refractivity contribution in [1.82, 2.24) is 34.2 Å². The first-order valence-corrected chi connectivity index (χ1v) is 9.69. The molecule has 0 atom stereocenters. The van der Waals surface area contributed by atoms with Crippen molar-refractivity contribution in [3.05, 3.63) is 18.6 Å². The Hall–Kier alpha value is -3.17. The van der Waals surface area contributed by atoms with Gasteiger partial charge < -0.3 is 20.1 Å². The van der Waals surface area contributed by atoms with Crippen LogP contribution in [-0.2, 0) is 18.4 Å². The van der Waals surface area contributed by atoms with E-state index in [0.29, 0.717) is 31.5 Å². The van der Waals surface area contributed by atoms with Crippen molar-refractivity contribution in [2.75, 3.05) is 23.7 Å². The van der Waals surface area contributed by atoms with Gasteiger partial charge in [-0.25, -0.2) is 4.98 Å². The van der Waals surface area contributed by atoms with Gasteiger partial charge in [0.15, 0.2) is 17.0 Å². The summed E-state index contributed by atoms with van der Waals surface area (Å²) in [5, 5.41) is 10.9. The Balaban J connectivity index is 1.46. The van der Waals surface area contributed by atoms with Gasteiger partial charge in [0.1, 0.15) is 5.82 Å². The second kappa shape index (κ2) is 6.77. The van der Waals surface area contributed by atoms with Crippen molar-refractivity contribution in [2.45, 2.75) is 38.3 Å². The normalized spacial score (nSPS) is 16.9. The molecule has 1 saturated carbocycles. The number of aryl methyl sites for hydroxylation is 1. The number of hydrogen-bond donors (Lipinski definition) is 2. The predicted molar refractivity (Wildman–Crippen MR) is 104 cm³/mol. The summed E-state index contributed by atoms with van der Waals surface area (Å²) in [7, 11) is 1.86. The van der Waals surface area contributed by atoms with Crippen LogP contribution in [0.2, 0.25) is 0 Å². The van der Waals surface area contributed by atoms with Gasteiger partial charge in [-0.1, -0.05) is 0 Å². The Morgan fingerprint density at radius 3 is 2.86 bits per heavy atom. The van der Waals surface area contributed by atoms with Gasteiger partial charge in [0, 0.05) is 45.2 Å². The summed E-state index contributed by atoms with van der Waals surface area (Å²) >= 11 is 0. The lowest BCUT2D eigenvalue weighted by Crippen LogP contribution is -2.28. The quantitative estimate of drug-likeness (QED) is 0.639. The van der Waals surface area contributed by atoms with Gasteiger partial charge in [-0.05, 0) is 19.3 Å². The number of fused-ring (bicyclic) bond motifs is 1. The van der Waals surface area contributed by atoms with E-state index in [-0.39, 0.29) is 5.91 Å². The van der Waals surface area contributed by atoms with Crippen molar-refractivity contribution in [3.8, 4) is 0 Å². The number of nitrogens with zero attached hydrogens (tertiary/aromatic N) is 7. The monoisotopic (exact) mass is 381 g/mol. The number of nitrogens with one attached hydrogen (secondary N) is 2. The Morgan fingerprint density at radius 1 is 1.25 bits per heavy atom. The molecule has 10 nitrogen and oxygen atoms in total. The second-order valence-corrected chi connectivity index (χ2v) is 7.37. The zero-order chi connectivity index (χ0) is 19.1. The molecule has 146 valence electrons. The Bertz CT molecular complexity index is 1020. The third kappa shape index (κ3) is 3.25. The first kappa shape index (κ1) is 17.0. The molecule has 3 aromatic rings. The topological polar surface area (TPSA) is 106 Å². The minimum atomic E-state index is 0.230. The van der Waals surface area contributed by atoms with E-state index in [2.05, 4.69) is 25.7 Å². The number of imidazole rings is 1. The number of amides is 1. The number of likely N-dealkylation sites (tertiary alicyclic amines) is 1. The summed E-state index contributed by atoms with van der Waals surface area (Å²) in [6.45, 7) is 2.17. The first-order chi connectivity index (χ1) is 13.7. The first-order valence-electron chi connectivity index (χ1n) is 9.69. The molecule has 28 heavy (non-hydrogen) atoms. The van der Waals surface area contributed by atoms with Gasteiger partial charge in [-0.3, -0.25) is 9.48 Å². The number of carbonyl (C=O) groups excluding carboxylic acids is 1. The van der Waals surface area contributed by atoms with Crippen LogP contribution in [0.25, 0.3) is 11.2 Å². The van der Waals surface area contributed by atoms with E-state index in [1.165, 1.54) is 0 Å². The third-order valence-electron chi connectivity index (χ3n) is 5.23. The van der Waals surface area contributed by atoms with Gasteiger partial charge in [-0.15, -0.1) is 0 Å². The van der Waals surface area contributed by atoms with E-state index in [9.17, 15) is 4.79 Å². The van der Waals surface area contributed by atoms with Gasteiger partial charge in [0.2, 0.25) is 11.9 Å². The summed E-state index contributed by atoms with van der Waals surface area (Å²) in [5.74, 6) is 2.28. The van der Waals surface area contributed by atoms with Crippen molar-refractivity contribution in [1.29, 1.82) is 0 Å². The maximum atomic E-state index is 11.9. The van der Waals surface area contributed by atoms with Crippen LogP contribution in [0.3, 0.4) is 0 Å². The van der Waals surface area contributed by atoms with E-state index in [1.807, 2.05) is 22.6 Å². The van der Waals surface area contributed by atoms with Gasteiger partial charge in [0.25, 0.3) is 0 Å². The second-order valence-electron chi connectivity index (χ2n) is 7.37. The molecule has 10 heteroatoms. The minimum absolute atomic E-state index is 0.230. The average Bonchev–Trinajstić information content (AvgIpc) is 3.04. The van der Waals surface area contributed by atoms with Crippen molar-refractivity contribution < 1.29 is 4.79 Å². The summed E-state index contributed by atoms with van der Waals surface area (Å²) < 4.78 is 3.73. The van der Waals surface area contributed by atoms with Crippen LogP contribution in [0.15, 0.2) is 18.6 Å². The van der Waals surface area contributed by atoms with Crippen LogP contribution in [0.4, 0.5) is 17.6 Å². The van der Waals surface area contributed by atoms with E-state index < -0.39 is 0 Å². The summed E-state index contributed by atoms with van der Waals surface area (Å²) in [6.07, 6.45) is 7.40. The van der Waals surface area contributed by atoms with Crippen LogP contribution >= 0.6 is 0 Å². The Kier molecular flexibility index (Phi) is 4.10. The van der Waals surface area contributed by atoms with Crippen LogP contribution in [-0.4, -0.2) is 59.2 Å². The molecule has 4 heterocycles. The Labute approximate surface area is 162 Å². The molecule has 0 bridgehead atoms. The smallest absolute Gasteiger partial charge is 0.232 e. The fourth-order valence-corrected chi connectivity index (χ4v) is 3.47. The van der Waals surface area contributed by atoms with Crippen molar-refractivity contribution >= 4 is 34.7 Å². The summed E-state index contributed by atoms with van der Waals surface area (Å²) in [5.41, 5.74) is 1.52. The lowest BCUT2D eigenvalue weighted by molar-refractivity contribution is -0.127. The SMILES string of the molecule is Cn1nccc1Nc1nc(NC2CC2)c2ncn(CCN3CCCC3=O)c2n1. The summed E-state index contributed by atoms with van der Waals surface area (Å²) in [6, 6.07) is 2.33. The molecule has 1 amide bonds. The minimum Gasteiger partial charge on any atom is -0.365 e. The highest BCUT2D eigenvalue weighted by molar-refractivity contribution is 5.85. The zero-order valence-electron chi connectivity index (χ0n) is 15.8. The highest BCUT2D eigenvalue weighted by Crippen LogP contribution is 2.29. The van der Waals surface area contributed by atoms with Gasteiger partial charge in [0.05, 0.1) is 12.5 Å². The average molecular weight is 381 g/mol. The van der Waals surface area contributed by atoms with E-state index in [1.54, 1.807) is 17.2 Å². The van der Waals surface area contributed by atoms with Crippen LogP contribution in [0, 0.1) is 0 Å². The maximum absolute atomic E-state index is 11.9. The molecule has 1 saturated heterocycles. The predicted octanol–water partition coefficient (Wildman–Crippen LogP) is 1.50. The number of anilines is 3. The Morgan fingerprint density at radius 2 is 2.14 bits per heavy atom. The van der Waals surface area contributed by atoms with Crippen LogP contribution in [0.5, 0.6) is 0 Å². The highest BCUT2D eigenvalue weighted by Gasteiger charge is 2.25. The largest absolute Gasteiger partial charge is 0.365 e. The lowest BCUT2D eigenvalue weighted by atomic mass is 10.4. The van der Waals surface area contributed by atoms with Gasteiger partial charge >= 0.3 is 0 Å². The molecule has 0 aromatic carbocycles. The zero-order valence-corrected chi connectivity index (χ0v) is 15.8. The van der Waals surface area contributed by atoms with Crippen LogP contribution in [0.1, 0.15) is 25.7 Å². The fourth-order valence-electron chi connectivity index (χ4n) is 3.47. The van der Waals surface area contributed by atoms with Crippen molar-refractivity contribution in [2.24, 2.45) is 7.05 Å². The van der Waals surface area contributed by atoms with E-state index >= 15 is 0 Å². The molecule has 0 spiro atoms. The molecule has 5 rings (SSSR count). The number of hydrogen-bond acceptors (Lipinski definition) is 7. The molecule has 2 aliphatic rings. The number of aromatic nitrogens is 6. The molecule has 2 fully saturated rings. The maximum Gasteiger partial charge on any atom is 0.232 e. The van der Waals surface area contributed by atoms with E-state index in [4.69, 9.17) is 4.98 Å². The molecular weight excluding hydrogens is 358 g/mol.